The van der Waals surface area contributed by atoms with Crippen LogP contribution in [0.2, 0.25) is 0 Å². The van der Waals surface area contributed by atoms with Gasteiger partial charge in [0.15, 0.2) is 0 Å². The number of hydrogen-bond acceptors (Lipinski definition) is 3. The molecule has 1 aromatic rings. The average molecular weight is 234 g/mol. The number of ether oxygens (including phenoxy) is 1. The van der Waals surface area contributed by atoms with Gasteiger partial charge in [0.25, 0.3) is 0 Å². The van der Waals surface area contributed by atoms with Crippen molar-refractivity contribution in [1.29, 1.82) is 0 Å². The Morgan fingerprint density at radius 3 is 3.06 bits per heavy atom. The molecule has 0 aromatic carbocycles. The first kappa shape index (κ1) is 12.5. The van der Waals surface area contributed by atoms with E-state index in [9.17, 15) is 0 Å². The zero-order valence-corrected chi connectivity index (χ0v) is 10.8. The van der Waals surface area contributed by atoms with Crippen LogP contribution in [0.15, 0.2) is 18.5 Å². The van der Waals surface area contributed by atoms with Crippen LogP contribution in [0, 0.1) is 6.92 Å². The molecule has 3 nitrogen and oxygen atoms in total. The third kappa shape index (κ3) is 3.51. The minimum Gasteiger partial charge on any atom is -0.378 e. The first-order chi connectivity index (χ1) is 8.29. The van der Waals surface area contributed by atoms with E-state index in [-0.39, 0.29) is 0 Å². The molecule has 0 amide bonds. The lowest BCUT2D eigenvalue weighted by Crippen LogP contribution is -2.25. The van der Waals surface area contributed by atoms with Crippen LogP contribution in [0.1, 0.15) is 43.4 Å². The van der Waals surface area contributed by atoms with Crippen molar-refractivity contribution < 1.29 is 4.74 Å². The highest BCUT2D eigenvalue weighted by atomic mass is 16.5. The summed E-state index contributed by atoms with van der Waals surface area (Å²) in [6, 6.07) is 2.59. The van der Waals surface area contributed by atoms with Crippen molar-refractivity contribution in [2.45, 2.75) is 45.3 Å². The molecule has 0 spiro atoms. The van der Waals surface area contributed by atoms with E-state index in [2.05, 4.69) is 30.2 Å². The van der Waals surface area contributed by atoms with Gasteiger partial charge in [-0.1, -0.05) is 13.0 Å². The normalized spacial score (nSPS) is 21.6. The summed E-state index contributed by atoms with van der Waals surface area (Å²) in [6.07, 6.45) is 7.74. The van der Waals surface area contributed by atoms with Crippen LogP contribution in [-0.2, 0) is 4.74 Å². The van der Waals surface area contributed by atoms with Crippen LogP contribution >= 0.6 is 0 Å². The van der Waals surface area contributed by atoms with Crippen molar-refractivity contribution >= 4 is 0 Å². The van der Waals surface area contributed by atoms with Gasteiger partial charge < -0.3 is 10.1 Å². The van der Waals surface area contributed by atoms with E-state index >= 15 is 0 Å². The number of nitrogens with one attached hydrogen (secondary N) is 1. The topological polar surface area (TPSA) is 34.1 Å². The quantitative estimate of drug-likeness (QED) is 0.850. The Morgan fingerprint density at radius 2 is 2.41 bits per heavy atom. The molecule has 2 atom stereocenters. The summed E-state index contributed by atoms with van der Waals surface area (Å²) < 4.78 is 5.72. The molecule has 94 valence electrons. The molecule has 2 rings (SSSR count). The summed E-state index contributed by atoms with van der Waals surface area (Å²) in [5.74, 6) is 0. The Morgan fingerprint density at radius 1 is 1.53 bits per heavy atom. The van der Waals surface area contributed by atoms with Gasteiger partial charge in [-0.05, 0) is 43.9 Å². The Balaban J connectivity index is 2.04. The van der Waals surface area contributed by atoms with E-state index in [0.717, 1.165) is 19.6 Å². The summed E-state index contributed by atoms with van der Waals surface area (Å²) in [5.41, 5.74) is 2.50. The van der Waals surface area contributed by atoms with Gasteiger partial charge in [-0.25, -0.2) is 0 Å². The molecule has 17 heavy (non-hydrogen) atoms. The number of rotatable bonds is 5. The molecular formula is C14H22N2O. The average Bonchev–Trinajstić information content (AvgIpc) is 2.81. The lowest BCUT2D eigenvalue weighted by Gasteiger charge is -2.21. The first-order valence-corrected chi connectivity index (χ1v) is 6.56. The SMILES string of the molecule is CCNC(CC1CCCO1)c1cncc(C)c1. The highest BCUT2D eigenvalue weighted by molar-refractivity contribution is 5.20. The number of hydrogen-bond donors (Lipinski definition) is 1. The molecule has 1 N–H and O–H groups in total. The van der Waals surface area contributed by atoms with Crippen LogP contribution in [0.4, 0.5) is 0 Å². The number of aromatic nitrogens is 1. The van der Waals surface area contributed by atoms with Gasteiger partial charge in [-0.2, -0.15) is 0 Å². The summed E-state index contributed by atoms with van der Waals surface area (Å²) in [7, 11) is 0. The highest BCUT2D eigenvalue weighted by Gasteiger charge is 2.21. The van der Waals surface area contributed by atoms with E-state index in [1.165, 1.54) is 24.0 Å². The van der Waals surface area contributed by atoms with E-state index < -0.39 is 0 Å². The third-order valence-corrected chi connectivity index (χ3v) is 3.27. The van der Waals surface area contributed by atoms with Gasteiger partial charge in [-0.3, -0.25) is 4.98 Å². The fourth-order valence-electron chi connectivity index (χ4n) is 2.45. The maximum Gasteiger partial charge on any atom is 0.0594 e. The van der Waals surface area contributed by atoms with Gasteiger partial charge in [0.2, 0.25) is 0 Å². The Bertz CT molecular complexity index is 348. The van der Waals surface area contributed by atoms with Crippen LogP contribution < -0.4 is 5.32 Å². The fourth-order valence-corrected chi connectivity index (χ4v) is 2.45. The zero-order valence-electron chi connectivity index (χ0n) is 10.8. The maximum atomic E-state index is 5.72. The monoisotopic (exact) mass is 234 g/mol. The van der Waals surface area contributed by atoms with Gasteiger partial charge in [0.1, 0.15) is 0 Å². The summed E-state index contributed by atoms with van der Waals surface area (Å²) in [6.45, 7) is 6.14. The van der Waals surface area contributed by atoms with E-state index in [1.54, 1.807) is 0 Å². The molecule has 1 fully saturated rings. The summed E-state index contributed by atoms with van der Waals surface area (Å²) in [4.78, 5) is 4.28. The predicted octanol–water partition coefficient (Wildman–Crippen LogP) is 2.61. The molecule has 1 aliphatic heterocycles. The molecule has 1 saturated heterocycles. The lowest BCUT2D eigenvalue weighted by molar-refractivity contribution is 0.0947. The van der Waals surface area contributed by atoms with Gasteiger partial charge in [0, 0.05) is 25.0 Å². The Hall–Kier alpha value is -0.930. The van der Waals surface area contributed by atoms with Crippen LogP contribution in [0.3, 0.4) is 0 Å². The Kier molecular flexibility index (Phi) is 4.51. The number of aryl methyl sites for hydroxylation is 1. The second-order valence-corrected chi connectivity index (χ2v) is 4.78. The second-order valence-electron chi connectivity index (χ2n) is 4.78. The van der Waals surface area contributed by atoms with Gasteiger partial charge in [0.05, 0.1) is 6.10 Å². The largest absolute Gasteiger partial charge is 0.378 e. The van der Waals surface area contributed by atoms with Crippen molar-refractivity contribution in [3.63, 3.8) is 0 Å². The highest BCUT2D eigenvalue weighted by Crippen LogP contribution is 2.25. The van der Waals surface area contributed by atoms with E-state index in [4.69, 9.17) is 4.74 Å². The molecule has 0 aliphatic carbocycles. The minimum absolute atomic E-state index is 0.371. The first-order valence-electron chi connectivity index (χ1n) is 6.56. The standard InChI is InChI=1S/C14H22N2O/c1-3-16-14(8-13-5-4-6-17-13)12-7-11(2)9-15-10-12/h7,9-10,13-14,16H,3-6,8H2,1-2H3. The van der Waals surface area contributed by atoms with E-state index in [1.807, 2.05) is 12.4 Å². The van der Waals surface area contributed by atoms with Crippen LogP contribution in [0.5, 0.6) is 0 Å². The lowest BCUT2D eigenvalue weighted by atomic mass is 10.00. The van der Waals surface area contributed by atoms with Crippen molar-refractivity contribution in [3.05, 3.63) is 29.6 Å². The molecule has 0 saturated carbocycles. The molecule has 2 heterocycles. The minimum atomic E-state index is 0.371. The Labute approximate surface area is 104 Å². The van der Waals surface area contributed by atoms with Gasteiger partial charge >= 0.3 is 0 Å². The zero-order chi connectivity index (χ0) is 12.1. The fraction of sp³-hybridized carbons (Fsp3) is 0.643. The van der Waals surface area contributed by atoms with Crippen LogP contribution in [0.25, 0.3) is 0 Å². The molecule has 3 heteroatoms. The third-order valence-electron chi connectivity index (χ3n) is 3.27. The predicted molar refractivity (Wildman–Crippen MR) is 69.0 cm³/mol. The van der Waals surface area contributed by atoms with Crippen molar-refractivity contribution in [1.82, 2.24) is 10.3 Å². The molecule has 2 unspecified atom stereocenters. The number of nitrogens with zero attached hydrogens (tertiary/aromatic N) is 1. The summed E-state index contributed by atoms with van der Waals surface area (Å²) >= 11 is 0. The van der Waals surface area contributed by atoms with Crippen molar-refractivity contribution in [2.24, 2.45) is 0 Å². The summed E-state index contributed by atoms with van der Waals surface area (Å²) in [5, 5.41) is 3.53. The molecular weight excluding hydrogens is 212 g/mol. The molecule has 0 bridgehead atoms. The van der Waals surface area contributed by atoms with Crippen molar-refractivity contribution in [2.75, 3.05) is 13.2 Å². The molecule has 1 aromatic heterocycles. The second kappa shape index (κ2) is 6.12. The number of pyridine rings is 1. The smallest absolute Gasteiger partial charge is 0.0594 e. The van der Waals surface area contributed by atoms with Crippen LogP contribution in [-0.4, -0.2) is 24.2 Å². The van der Waals surface area contributed by atoms with Crippen molar-refractivity contribution in [3.8, 4) is 0 Å². The van der Waals surface area contributed by atoms with E-state index in [0.29, 0.717) is 12.1 Å². The maximum absolute atomic E-state index is 5.72. The molecule has 0 radical (unpaired) electrons. The van der Waals surface area contributed by atoms with Gasteiger partial charge in [-0.15, -0.1) is 0 Å². The molecule has 1 aliphatic rings.